The van der Waals surface area contributed by atoms with Gasteiger partial charge in [0.05, 0.1) is 12.5 Å². The first-order valence-electron chi connectivity index (χ1n) is 12.4. The molecule has 0 aliphatic carbocycles. The maximum atomic E-state index is 13.1. The molecule has 192 valence electrons. The van der Waals surface area contributed by atoms with Crippen molar-refractivity contribution in [1.29, 1.82) is 0 Å². The zero-order chi connectivity index (χ0) is 26.2. The lowest BCUT2D eigenvalue weighted by Crippen LogP contribution is -2.41. The average molecular weight is 502 g/mol. The molecule has 2 N–H and O–H groups in total. The van der Waals surface area contributed by atoms with Crippen molar-refractivity contribution in [1.82, 2.24) is 15.4 Å². The summed E-state index contributed by atoms with van der Waals surface area (Å²) < 4.78 is 5.35. The van der Waals surface area contributed by atoms with Crippen molar-refractivity contribution in [3.8, 4) is 0 Å². The maximum Gasteiger partial charge on any atom is 0.326 e. The van der Waals surface area contributed by atoms with Crippen molar-refractivity contribution in [3.63, 3.8) is 0 Å². The van der Waals surface area contributed by atoms with Gasteiger partial charge in [0, 0.05) is 26.0 Å². The lowest BCUT2D eigenvalue weighted by Gasteiger charge is -2.23. The number of nitrogens with one attached hydrogen (secondary N) is 1. The second kappa shape index (κ2) is 12.2. The van der Waals surface area contributed by atoms with Crippen LogP contribution in [0.4, 0.5) is 0 Å². The number of amides is 2. The summed E-state index contributed by atoms with van der Waals surface area (Å²) >= 11 is 0. The third kappa shape index (κ3) is 7.16. The second-order valence-corrected chi connectivity index (χ2v) is 9.27. The summed E-state index contributed by atoms with van der Waals surface area (Å²) in [5.41, 5.74) is 3.90. The molecule has 0 radical (unpaired) electrons. The van der Waals surface area contributed by atoms with E-state index in [1.165, 1.54) is 18.1 Å². The summed E-state index contributed by atoms with van der Waals surface area (Å²) in [6.07, 6.45) is 6.94. The van der Waals surface area contributed by atoms with Crippen molar-refractivity contribution in [2.45, 2.75) is 51.1 Å². The third-order valence-electron chi connectivity index (χ3n) is 6.41. The highest BCUT2D eigenvalue weighted by Crippen LogP contribution is 2.32. The molecular weight excluding hydrogens is 470 g/mol. The smallest absolute Gasteiger partial charge is 0.326 e. The first kappa shape index (κ1) is 25.9. The van der Waals surface area contributed by atoms with Gasteiger partial charge in [-0.1, -0.05) is 71.9 Å². The molecule has 2 atom stereocenters. The van der Waals surface area contributed by atoms with Gasteiger partial charge in [0.1, 0.15) is 17.5 Å². The zero-order valence-electron chi connectivity index (χ0n) is 20.8. The largest absolute Gasteiger partial charge is 0.480 e. The van der Waals surface area contributed by atoms with Gasteiger partial charge in [0.2, 0.25) is 11.8 Å². The molecule has 2 aromatic carbocycles. The molecular formula is C29H31N3O5. The molecule has 1 aromatic heterocycles. The van der Waals surface area contributed by atoms with E-state index in [1.54, 1.807) is 6.07 Å². The van der Waals surface area contributed by atoms with Crippen LogP contribution in [0.15, 0.2) is 71.3 Å². The van der Waals surface area contributed by atoms with Crippen LogP contribution < -0.4 is 5.32 Å². The van der Waals surface area contributed by atoms with Gasteiger partial charge < -0.3 is 19.8 Å². The molecule has 8 heteroatoms. The molecule has 0 saturated carbocycles. The molecule has 8 nitrogen and oxygen atoms in total. The molecule has 2 amide bonds. The van der Waals surface area contributed by atoms with E-state index in [4.69, 9.17) is 4.52 Å². The van der Waals surface area contributed by atoms with E-state index in [0.29, 0.717) is 24.4 Å². The Kier molecular flexibility index (Phi) is 8.51. The van der Waals surface area contributed by atoms with E-state index in [-0.39, 0.29) is 18.4 Å². The topological polar surface area (TPSA) is 113 Å². The minimum absolute atomic E-state index is 0.0184. The van der Waals surface area contributed by atoms with E-state index in [2.05, 4.69) is 46.9 Å². The summed E-state index contributed by atoms with van der Waals surface area (Å²) in [5, 5.41) is 15.8. The van der Waals surface area contributed by atoms with Crippen LogP contribution in [0.2, 0.25) is 0 Å². The Morgan fingerprint density at radius 1 is 1.14 bits per heavy atom. The molecule has 0 bridgehead atoms. The monoisotopic (exact) mass is 501 g/mol. The van der Waals surface area contributed by atoms with Crippen LogP contribution in [0.5, 0.6) is 0 Å². The number of carbonyl (C=O) groups is 3. The quantitative estimate of drug-likeness (QED) is 0.435. The van der Waals surface area contributed by atoms with E-state index in [0.717, 1.165) is 24.8 Å². The molecule has 1 aliphatic rings. The van der Waals surface area contributed by atoms with E-state index < -0.39 is 17.9 Å². The molecule has 2 unspecified atom stereocenters. The number of likely N-dealkylation sites (tertiary alicyclic amines) is 1. The van der Waals surface area contributed by atoms with Crippen molar-refractivity contribution in [2.24, 2.45) is 0 Å². The maximum absolute atomic E-state index is 13.1. The van der Waals surface area contributed by atoms with E-state index in [9.17, 15) is 19.5 Å². The fraction of sp³-hybridized carbons (Fsp3) is 0.310. The number of allylic oxidation sites excluding steroid dienone is 1. The highest BCUT2D eigenvalue weighted by Gasteiger charge is 2.32. The molecule has 2 heterocycles. The molecule has 37 heavy (non-hydrogen) atoms. The van der Waals surface area contributed by atoms with Crippen LogP contribution >= 0.6 is 0 Å². The van der Waals surface area contributed by atoms with Gasteiger partial charge in [0.15, 0.2) is 0 Å². The predicted octanol–water partition coefficient (Wildman–Crippen LogP) is 3.97. The molecule has 1 fully saturated rings. The normalized spacial score (nSPS) is 16.1. The van der Waals surface area contributed by atoms with Gasteiger partial charge in [-0.05, 0) is 36.0 Å². The molecule has 3 aromatic rings. The lowest BCUT2D eigenvalue weighted by molar-refractivity contribution is -0.141. The average Bonchev–Trinajstić information content (AvgIpc) is 3.55. The minimum atomic E-state index is -1.15. The number of aliphatic carboxylic acids is 1. The summed E-state index contributed by atoms with van der Waals surface area (Å²) in [5.74, 6) is -1.21. The highest BCUT2D eigenvalue weighted by atomic mass is 16.5. The third-order valence-corrected chi connectivity index (χ3v) is 6.41. The highest BCUT2D eigenvalue weighted by molar-refractivity contribution is 5.82. The number of aromatic nitrogens is 1. The Morgan fingerprint density at radius 3 is 2.57 bits per heavy atom. The van der Waals surface area contributed by atoms with Gasteiger partial charge in [-0.25, -0.2) is 4.79 Å². The predicted molar refractivity (Wildman–Crippen MR) is 138 cm³/mol. The van der Waals surface area contributed by atoms with Crippen molar-refractivity contribution < 1.29 is 24.0 Å². The Labute approximate surface area is 216 Å². The van der Waals surface area contributed by atoms with Gasteiger partial charge in [-0.3, -0.25) is 9.59 Å². The summed E-state index contributed by atoms with van der Waals surface area (Å²) in [7, 11) is 0. The number of carboxylic acid groups (broad SMARTS) is 1. The van der Waals surface area contributed by atoms with Crippen molar-refractivity contribution in [2.75, 3.05) is 6.54 Å². The minimum Gasteiger partial charge on any atom is -0.480 e. The number of nitrogens with zero attached hydrogens (tertiary/aromatic N) is 2. The van der Waals surface area contributed by atoms with Gasteiger partial charge in [-0.2, -0.15) is 0 Å². The number of carboxylic acids is 1. The van der Waals surface area contributed by atoms with Crippen molar-refractivity contribution in [3.05, 3.63) is 94.9 Å². The Bertz CT molecular complexity index is 1250. The number of rotatable bonds is 10. The van der Waals surface area contributed by atoms with Crippen LogP contribution in [-0.4, -0.2) is 45.5 Å². The van der Waals surface area contributed by atoms with Crippen molar-refractivity contribution >= 4 is 23.9 Å². The van der Waals surface area contributed by atoms with Crippen LogP contribution in [0, 0.1) is 0 Å². The summed E-state index contributed by atoms with van der Waals surface area (Å²) in [4.78, 5) is 37.7. The van der Waals surface area contributed by atoms with Gasteiger partial charge >= 0.3 is 5.97 Å². The van der Waals surface area contributed by atoms with E-state index in [1.807, 2.05) is 35.2 Å². The fourth-order valence-corrected chi connectivity index (χ4v) is 4.57. The number of hydrogen-bond donors (Lipinski definition) is 2. The Balaban J connectivity index is 1.34. The first-order valence-corrected chi connectivity index (χ1v) is 12.4. The number of carbonyl (C=O) groups excluding carboxylic acids is 2. The van der Waals surface area contributed by atoms with Gasteiger partial charge in [-0.15, -0.1) is 0 Å². The van der Waals surface area contributed by atoms with Crippen LogP contribution in [-0.2, 0) is 33.6 Å². The second-order valence-electron chi connectivity index (χ2n) is 9.27. The SMILES string of the molecule is CC(=O)NC(Cc1cc(C2CCCN2C(=O)Cc2ccc(C/C=C/c3ccccc3)cc2)no1)C(=O)O. The fourth-order valence-electron chi connectivity index (χ4n) is 4.57. The molecule has 0 spiro atoms. The lowest BCUT2D eigenvalue weighted by atomic mass is 10.0. The summed E-state index contributed by atoms with van der Waals surface area (Å²) in [6, 6.07) is 18.6. The first-order chi connectivity index (χ1) is 17.9. The molecule has 1 aliphatic heterocycles. The van der Waals surface area contributed by atoms with E-state index >= 15 is 0 Å². The zero-order valence-corrected chi connectivity index (χ0v) is 20.8. The Hall–Kier alpha value is -4.20. The van der Waals surface area contributed by atoms with Crippen LogP contribution in [0.3, 0.4) is 0 Å². The Morgan fingerprint density at radius 2 is 1.86 bits per heavy atom. The molecule has 4 rings (SSSR count). The van der Waals surface area contributed by atoms with Crippen LogP contribution in [0.1, 0.15) is 54.0 Å². The van der Waals surface area contributed by atoms with Gasteiger partial charge in [0.25, 0.3) is 0 Å². The standard InChI is InChI=1S/C29H31N3O5/c1-20(33)30-26(29(35)36)19-24-18-25(31-37-24)27-11-6-16-32(27)28(34)17-23-14-12-22(13-15-23)10-5-9-21-7-3-2-4-8-21/h2-5,7-9,12-15,18,26-27H,6,10-11,16-17,19H2,1H3,(H,30,33)(H,35,36)/b9-5+. The number of hydrogen-bond acceptors (Lipinski definition) is 5. The van der Waals surface area contributed by atoms with Crippen LogP contribution in [0.25, 0.3) is 6.08 Å². The summed E-state index contributed by atoms with van der Waals surface area (Å²) in [6.45, 7) is 1.90. The number of benzene rings is 2. The molecule has 1 saturated heterocycles.